The highest BCUT2D eigenvalue weighted by atomic mass is 16.5. The molecule has 0 fully saturated rings. The van der Waals surface area contributed by atoms with Gasteiger partial charge in [-0.25, -0.2) is 9.36 Å². The molecule has 8 heteroatoms. The minimum absolute atomic E-state index is 0.0315. The maximum atomic E-state index is 13.0. The quantitative estimate of drug-likeness (QED) is 0.362. The molecule has 0 aliphatic carbocycles. The molecule has 0 saturated heterocycles. The number of aryl methyl sites for hydroxylation is 2. The summed E-state index contributed by atoms with van der Waals surface area (Å²) >= 11 is 0. The van der Waals surface area contributed by atoms with Crippen LogP contribution < -0.4 is 11.4 Å². The molecular weight excluding hydrogens is 370 g/mol. The lowest BCUT2D eigenvalue weighted by molar-refractivity contribution is -0.140. The van der Waals surface area contributed by atoms with Gasteiger partial charge in [0.25, 0.3) is 0 Å². The minimum atomic E-state index is -0.278. The number of aromatic nitrogens is 3. The molecule has 3 rings (SSSR count). The summed E-state index contributed by atoms with van der Waals surface area (Å²) < 4.78 is 7.58. The summed E-state index contributed by atoms with van der Waals surface area (Å²) in [7, 11) is 1.37. The van der Waals surface area contributed by atoms with Gasteiger partial charge in [0, 0.05) is 18.4 Å². The molecule has 0 bridgehead atoms. The lowest BCUT2D eigenvalue weighted by atomic mass is 10.1. The van der Waals surface area contributed by atoms with Gasteiger partial charge < -0.3 is 10.5 Å². The molecule has 29 heavy (non-hydrogen) atoms. The van der Waals surface area contributed by atoms with Crippen LogP contribution in [0.2, 0.25) is 0 Å². The third-order valence-corrected chi connectivity index (χ3v) is 4.63. The first-order chi connectivity index (χ1) is 13.9. The van der Waals surface area contributed by atoms with Gasteiger partial charge in [0.05, 0.1) is 18.5 Å². The Balaban J connectivity index is 1.93. The van der Waals surface area contributed by atoms with Crippen LogP contribution in [-0.4, -0.2) is 33.3 Å². The third-order valence-electron chi connectivity index (χ3n) is 4.63. The molecule has 0 aliphatic rings. The summed E-state index contributed by atoms with van der Waals surface area (Å²) in [6.07, 6.45) is 1.46. The summed E-state index contributed by atoms with van der Waals surface area (Å²) in [6, 6.07) is 14.3. The summed E-state index contributed by atoms with van der Waals surface area (Å²) in [5, 5.41) is 11.9. The van der Waals surface area contributed by atoms with E-state index in [0.29, 0.717) is 42.0 Å². The highest BCUT2D eigenvalue weighted by molar-refractivity contribution is 5.95. The van der Waals surface area contributed by atoms with Gasteiger partial charge in [0.2, 0.25) is 0 Å². The van der Waals surface area contributed by atoms with Gasteiger partial charge in [0.1, 0.15) is 11.7 Å². The summed E-state index contributed by atoms with van der Waals surface area (Å²) in [5.41, 5.74) is 8.08. The van der Waals surface area contributed by atoms with Gasteiger partial charge in [-0.15, -0.1) is 5.10 Å². The molecule has 0 saturated carbocycles. The topological polar surface area (TPSA) is 116 Å². The van der Waals surface area contributed by atoms with E-state index in [0.717, 1.165) is 5.56 Å². The predicted octanol–water partition coefficient (Wildman–Crippen LogP) is 1.98. The number of rotatable bonds is 7. The van der Waals surface area contributed by atoms with Crippen molar-refractivity contribution in [3.63, 3.8) is 0 Å². The number of esters is 1. The van der Waals surface area contributed by atoms with Crippen LogP contribution in [-0.2, 0) is 22.4 Å². The van der Waals surface area contributed by atoms with Gasteiger partial charge in [-0.05, 0) is 48.4 Å². The molecule has 8 nitrogen and oxygen atoms in total. The fourth-order valence-electron chi connectivity index (χ4n) is 3.01. The second-order valence-electron chi connectivity index (χ2n) is 6.50. The molecule has 2 aromatic carbocycles. The monoisotopic (exact) mass is 393 g/mol. The first kappa shape index (κ1) is 20.1. The summed E-state index contributed by atoms with van der Waals surface area (Å²) in [6.45, 7) is 1.94. The number of benzene rings is 2. The number of nitrogens with one attached hydrogen (secondary N) is 1. The van der Waals surface area contributed by atoms with Crippen molar-refractivity contribution in [3.8, 4) is 11.4 Å². The molecule has 1 aromatic heterocycles. The van der Waals surface area contributed by atoms with Crippen LogP contribution in [0.25, 0.3) is 11.4 Å². The van der Waals surface area contributed by atoms with Crippen molar-refractivity contribution in [3.05, 3.63) is 76.0 Å². The number of carbonyl (C=O) groups excluding carboxylic acids is 1. The number of hydrogen-bond acceptors (Lipinski definition) is 5. The van der Waals surface area contributed by atoms with Crippen molar-refractivity contribution in [2.75, 3.05) is 7.11 Å². The summed E-state index contributed by atoms with van der Waals surface area (Å²) in [4.78, 5) is 24.3. The van der Waals surface area contributed by atoms with Crippen LogP contribution in [0.4, 0.5) is 0 Å². The van der Waals surface area contributed by atoms with Crippen molar-refractivity contribution in [1.82, 2.24) is 14.3 Å². The Labute approximate surface area is 168 Å². The molecule has 3 aromatic rings. The second-order valence-corrected chi connectivity index (χ2v) is 6.50. The van der Waals surface area contributed by atoms with E-state index in [1.54, 1.807) is 28.8 Å². The smallest absolute Gasteiger partial charge is 0.355 e. The zero-order chi connectivity index (χ0) is 21.0. The van der Waals surface area contributed by atoms with Crippen molar-refractivity contribution >= 4 is 11.8 Å². The van der Waals surface area contributed by atoms with Crippen LogP contribution in [0.5, 0.6) is 0 Å². The Kier molecular flexibility index (Phi) is 5.92. The van der Waals surface area contributed by atoms with Gasteiger partial charge in [-0.3, -0.25) is 10.2 Å². The van der Waals surface area contributed by atoms with E-state index >= 15 is 0 Å². The van der Waals surface area contributed by atoms with Crippen molar-refractivity contribution in [2.24, 2.45) is 5.73 Å². The van der Waals surface area contributed by atoms with Crippen LogP contribution >= 0.6 is 0 Å². The number of methoxy groups -OCH3 is 1. The molecule has 0 aliphatic heterocycles. The molecular formula is C21H23N5O3. The fourth-order valence-corrected chi connectivity index (χ4v) is 3.01. The average molecular weight is 393 g/mol. The number of nitrogens with zero attached hydrogens (tertiary/aromatic N) is 3. The average Bonchev–Trinajstić information content (AvgIpc) is 3.08. The van der Waals surface area contributed by atoms with Crippen LogP contribution in [0.1, 0.15) is 30.3 Å². The number of ether oxygens (including phenoxy) is 1. The highest BCUT2D eigenvalue weighted by Crippen LogP contribution is 2.14. The van der Waals surface area contributed by atoms with Crippen LogP contribution in [0.15, 0.2) is 53.3 Å². The number of hydrogen-bond donors (Lipinski definition) is 2. The van der Waals surface area contributed by atoms with Crippen molar-refractivity contribution in [2.45, 2.75) is 26.2 Å². The van der Waals surface area contributed by atoms with Crippen LogP contribution in [0, 0.1) is 5.41 Å². The second kappa shape index (κ2) is 8.55. The SMILES string of the molecule is CCc1nn(-c2ccc(C(=N)N)cc2)c(=O)n1-c1ccc(CCC(=O)OC)cc1. The van der Waals surface area contributed by atoms with Gasteiger partial charge in [0.15, 0.2) is 0 Å². The lowest BCUT2D eigenvalue weighted by Crippen LogP contribution is -2.23. The Morgan fingerprint density at radius 3 is 2.28 bits per heavy atom. The fraction of sp³-hybridized carbons (Fsp3) is 0.238. The van der Waals surface area contributed by atoms with E-state index in [2.05, 4.69) is 9.84 Å². The molecule has 3 N–H and O–H groups in total. The normalized spacial score (nSPS) is 10.7. The Bertz CT molecular complexity index is 1080. The molecule has 150 valence electrons. The molecule has 0 atom stereocenters. The maximum absolute atomic E-state index is 13.0. The predicted molar refractivity (Wildman–Crippen MR) is 110 cm³/mol. The number of amidine groups is 1. The Morgan fingerprint density at radius 1 is 1.10 bits per heavy atom. The van der Waals surface area contributed by atoms with E-state index < -0.39 is 0 Å². The van der Waals surface area contributed by atoms with Crippen molar-refractivity contribution in [1.29, 1.82) is 5.41 Å². The van der Waals surface area contributed by atoms with Gasteiger partial charge >= 0.3 is 11.7 Å². The Hall–Kier alpha value is -3.68. The molecule has 0 spiro atoms. The van der Waals surface area contributed by atoms with E-state index in [1.165, 1.54) is 11.8 Å². The van der Waals surface area contributed by atoms with E-state index in [1.807, 2.05) is 31.2 Å². The molecule has 0 unspecified atom stereocenters. The molecule has 0 amide bonds. The van der Waals surface area contributed by atoms with Crippen molar-refractivity contribution < 1.29 is 9.53 Å². The standard InChI is InChI=1S/C21H23N5O3/c1-3-18-24-26(17-11-7-15(8-12-17)20(22)23)21(28)25(18)16-9-4-14(5-10-16)6-13-19(27)29-2/h4-5,7-12H,3,6,13H2,1-2H3,(H3,22,23). The zero-order valence-electron chi connectivity index (χ0n) is 16.4. The maximum Gasteiger partial charge on any atom is 0.355 e. The third kappa shape index (κ3) is 4.26. The number of nitrogens with two attached hydrogens (primary N) is 1. The van der Waals surface area contributed by atoms with Crippen LogP contribution in [0.3, 0.4) is 0 Å². The first-order valence-electron chi connectivity index (χ1n) is 9.26. The number of carbonyl (C=O) groups is 1. The van der Waals surface area contributed by atoms with Gasteiger partial charge in [-0.1, -0.05) is 19.1 Å². The number of nitrogen functional groups attached to an aromatic ring is 1. The van der Waals surface area contributed by atoms with E-state index in [9.17, 15) is 9.59 Å². The molecule has 1 heterocycles. The highest BCUT2D eigenvalue weighted by Gasteiger charge is 2.15. The first-order valence-corrected chi connectivity index (χ1v) is 9.26. The zero-order valence-corrected chi connectivity index (χ0v) is 16.4. The van der Waals surface area contributed by atoms with E-state index in [-0.39, 0.29) is 17.5 Å². The summed E-state index contributed by atoms with van der Waals surface area (Å²) in [5.74, 6) is 0.347. The Morgan fingerprint density at radius 2 is 1.72 bits per heavy atom. The van der Waals surface area contributed by atoms with E-state index in [4.69, 9.17) is 11.1 Å². The largest absolute Gasteiger partial charge is 0.469 e. The molecule has 0 radical (unpaired) electrons. The lowest BCUT2D eigenvalue weighted by Gasteiger charge is -2.06. The van der Waals surface area contributed by atoms with Gasteiger partial charge in [-0.2, -0.15) is 4.68 Å². The minimum Gasteiger partial charge on any atom is -0.469 e.